The van der Waals surface area contributed by atoms with E-state index < -0.39 is 0 Å². The van der Waals surface area contributed by atoms with Gasteiger partial charge in [0.1, 0.15) is 17.3 Å². The van der Waals surface area contributed by atoms with E-state index in [0.717, 1.165) is 46.1 Å². The summed E-state index contributed by atoms with van der Waals surface area (Å²) < 4.78 is 11.8. The van der Waals surface area contributed by atoms with Gasteiger partial charge in [-0.3, -0.25) is 4.57 Å². The van der Waals surface area contributed by atoms with Gasteiger partial charge < -0.3 is 14.5 Å². The Morgan fingerprint density at radius 2 is 1.42 bits per heavy atom. The van der Waals surface area contributed by atoms with Gasteiger partial charge in [-0.05, 0) is 80.3 Å². The van der Waals surface area contributed by atoms with E-state index in [4.69, 9.17) is 9.72 Å². The van der Waals surface area contributed by atoms with E-state index in [9.17, 15) is 0 Å². The lowest BCUT2D eigenvalue weighted by Gasteiger charge is -2.34. The molecule has 1 aliphatic heterocycles. The summed E-state index contributed by atoms with van der Waals surface area (Å²) in [7, 11) is 0. The number of hydrogen-bond donors (Lipinski definition) is 0. The first-order valence-electron chi connectivity index (χ1n) is 17.3. The van der Waals surface area contributed by atoms with Crippen molar-refractivity contribution in [2.75, 3.05) is 16.5 Å². The maximum atomic E-state index is 7.05. The lowest BCUT2D eigenvalue weighted by Crippen LogP contribution is -2.42. The Labute approximate surface area is 297 Å². The maximum absolute atomic E-state index is 7.05. The molecule has 5 aromatic carbocycles. The van der Waals surface area contributed by atoms with Crippen LogP contribution in [0.15, 0.2) is 121 Å². The highest BCUT2D eigenvalue weighted by atomic mass is 32.1. The number of fused-ring (bicyclic) bond motifs is 8. The Kier molecular flexibility index (Phi) is 6.81. The van der Waals surface area contributed by atoms with Crippen LogP contribution >= 0.6 is 11.3 Å². The topological polar surface area (TPSA) is 33.5 Å². The molecule has 0 spiro atoms. The van der Waals surface area contributed by atoms with Gasteiger partial charge in [0.05, 0.1) is 29.1 Å². The summed E-state index contributed by atoms with van der Waals surface area (Å²) in [5, 5.41) is 4.80. The van der Waals surface area contributed by atoms with Crippen LogP contribution in [-0.2, 0) is 5.41 Å². The number of aromatic nitrogens is 2. The van der Waals surface area contributed by atoms with Crippen molar-refractivity contribution in [3.8, 4) is 17.3 Å². The number of anilines is 3. The monoisotopic (exact) mass is 672 g/mol. The zero-order valence-corrected chi connectivity index (χ0v) is 30.2. The van der Waals surface area contributed by atoms with Crippen LogP contribution in [0.25, 0.3) is 47.8 Å². The van der Waals surface area contributed by atoms with Crippen LogP contribution in [0.3, 0.4) is 0 Å². The lowest BCUT2D eigenvalue weighted by molar-refractivity contribution is 0.489. The van der Waals surface area contributed by atoms with Gasteiger partial charge in [-0.1, -0.05) is 75.4 Å². The maximum Gasteiger partial charge on any atom is 0.138 e. The molecule has 8 aromatic rings. The van der Waals surface area contributed by atoms with Crippen LogP contribution in [-0.4, -0.2) is 21.8 Å². The Bertz CT molecular complexity index is 2600. The predicted octanol–water partition coefficient (Wildman–Crippen LogP) is 12.4. The zero-order valence-electron chi connectivity index (χ0n) is 29.4. The smallest absolute Gasteiger partial charge is 0.138 e. The summed E-state index contributed by atoms with van der Waals surface area (Å²) >= 11 is 1.84. The molecule has 0 saturated carbocycles. The van der Waals surface area contributed by atoms with Crippen LogP contribution < -0.4 is 14.5 Å². The van der Waals surface area contributed by atoms with Gasteiger partial charge in [-0.2, -0.15) is 0 Å². The van der Waals surface area contributed by atoms with Gasteiger partial charge in [0.2, 0.25) is 0 Å². The standard InChI is InChI=1S/C44H40N4OS/c1-43(2,3)28-22-23-45-39(24-28)48-33-18-9-7-16-31(33)40-36(48)26-37(41-32-17-8-12-21-38(32)50-42(40)41)49-30-15-13-14-29(25-30)46-27-47(44(4,5)6)35-20-11-10-19-34(35)46/h7-26H,27H2,1-6H3. The van der Waals surface area contributed by atoms with E-state index in [1.54, 1.807) is 0 Å². The first kappa shape index (κ1) is 30.7. The minimum absolute atomic E-state index is 0.00571. The third kappa shape index (κ3) is 4.84. The summed E-state index contributed by atoms with van der Waals surface area (Å²) in [4.78, 5) is 9.80. The highest BCUT2D eigenvalue weighted by Crippen LogP contribution is 2.49. The average Bonchev–Trinajstić information content (AvgIpc) is 3.78. The number of benzene rings is 5. The Hall–Kier alpha value is -5.33. The summed E-state index contributed by atoms with van der Waals surface area (Å²) in [5.41, 5.74) is 7.01. The third-order valence-electron chi connectivity index (χ3n) is 10.0. The van der Waals surface area contributed by atoms with Gasteiger partial charge in [0, 0.05) is 60.5 Å². The molecule has 248 valence electrons. The second kappa shape index (κ2) is 11.1. The fraction of sp³-hybridized carbons (Fsp3) is 0.205. The molecular formula is C44H40N4OS. The Balaban J connectivity index is 1.25. The average molecular weight is 673 g/mol. The van der Waals surface area contributed by atoms with E-state index in [1.165, 1.54) is 42.5 Å². The number of nitrogens with zero attached hydrogens (tertiary/aromatic N) is 4. The van der Waals surface area contributed by atoms with Crippen molar-refractivity contribution in [1.29, 1.82) is 0 Å². The summed E-state index contributed by atoms with van der Waals surface area (Å²) in [6.07, 6.45) is 1.94. The molecule has 0 fully saturated rings. The van der Waals surface area contributed by atoms with E-state index in [1.807, 2.05) is 17.5 Å². The minimum atomic E-state index is -0.0142. The molecule has 0 N–H and O–H groups in total. The molecule has 9 rings (SSSR count). The van der Waals surface area contributed by atoms with Gasteiger partial charge in [-0.15, -0.1) is 11.3 Å². The molecule has 6 heteroatoms. The van der Waals surface area contributed by atoms with Crippen LogP contribution in [0.5, 0.6) is 11.5 Å². The van der Waals surface area contributed by atoms with Crippen molar-refractivity contribution in [3.63, 3.8) is 0 Å². The normalized spacial score (nSPS) is 13.6. The first-order valence-corrected chi connectivity index (χ1v) is 18.1. The molecule has 0 bridgehead atoms. The Morgan fingerprint density at radius 3 is 2.22 bits per heavy atom. The van der Waals surface area contributed by atoms with Crippen molar-refractivity contribution in [1.82, 2.24) is 9.55 Å². The van der Waals surface area contributed by atoms with E-state index >= 15 is 0 Å². The molecule has 0 amide bonds. The van der Waals surface area contributed by atoms with Crippen LogP contribution in [0.2, 0.25) is 0 Å². The number of ether oxygens (including phenoxy) is 1. The minimum Gasteiger partial charge on any atom is -0.457 e. The van der Waals surface area contributed by atoms with Crippen molar-refractivity contribution in [3.05, 3.63) is 127 Å². The van der Waals surface area contributed by atoms with Crippen molar-refractivity contribution < 1.29 is 4.74 Å². The molecule has 3 aromatic heterocycles. The molecule has 0 aliphatic carbocycles. The summed E-state index contributed by atoms with van der Waals surface area (Å²) in [6.45, 7) is 14.3. The van der Waals surface area contributed by atoms with Crippen molar-refractivity contribution in [2.45, 2.75) is 52.5 Å². The quantitative estimate of drug-likeness (QED) is 0.186. The number of hydrogen-bond acceptors (Lipinski definition) is 5. The molecule has 0 saturated heterocycles. The number of thiophene rings is 1. The SMILES string of the molecule is CC(C)(C)c1ccnc(-n2c3ccccc3c3c4sc5ccccc5c4c(Oc4cccc(N5CN(C(C)(C)C)c6ccccc65)c4)cc32)c1. The number of pyridine rings is 1. The van der Waals surface area contributed by atoms with E-state index in [-0.39, 0.29) is 11.0 Å². The molecule has 0 radical (unpaired) electrons. The zero-order chi connectivity index (χ0) is 34.4. The Morgan fingerprint density at radius 1 is 0.680 bits per heavy atom. The van der Waals surface area contributed by atoms with E-state index in [0.29, 0.717) is 0 Å². The highest BCUT2D eigenvalue weighted by molar-refractivity contribution is 7.26. The largest absolute Gasteiger partial charge is 0.457 e. The second-order valence-electron chi connectivity index (χ2n) is 15.3. The van der Waals surface area contributed by atoms with Gasteiger partial charge >= 0.3 is 0 Å². The summed E-state index contributed by atoms with van der Waals surface area (Å²) in [5.74, 6) is 2.56. The first-order chi connectivity index (χ1) is 24.1. The fourth-order valence-electron chi connectivity index (χ4n) is 7.48. The molecule has 4 heterocycles. The fourth-order valence-corrected chi connectivity index (χ4v) is 8.76. The van der Waals surface area contributed by atoms with Crippen LogP contribution in [0.1, 0.15) is 47.1 Å². The molecule has 0 atom stereocenters. The van der Waals surface area contributed by atoms with Crippen molar-refractivity contribution >= 4 is 70.4 Å². The van der Waals surface area contributed by atoms with E-state index in [2.05, 4.69) is 171 Å². The lowest BCUT2D eigenvalue weighted by atomic mass is 9.88. The second-order valence-corrected chi connectivity index (χ2v) is 16.4. The number of para-hydroxylation sites is 3. The van der Waals surface area contributed by atoms with Gasteiger partial charge in [-0.25, -0.2) is 4.98 Å². The molecular weight excluding hydrogens is 633 g/mol. The van der Waals surface area contributed by atoms with Gasteiger partial charge in [0.15, 0.2) is 0 Å². The molecule has 50 heavy (non-hydrogen) atoms. The highest BCUT2D eigenvalue weighted by Gasteiger charge is 2.33. The number of rotatable bonds is 4. The van der Waals surface area contributed by atoms with Crippen molar-refractivity contribution in [2.24, 2.45) is 0 Å². The molecule has 1 aliphatic rings. The van der Waals surface area contributed by atoms with Crippen LogP contribution in [0, 0.1) is 0 Å². The molecule has 0 unspecified atom stereocenters. The summed E-state index contributed by atoms with van der Waals surface area (Å²) in [6, 6.07) is 41.2. The third-order valence-corrected chi connectivity index (χ3v) is 11.2. The van der Waals surface area contributed by atoms with Gasteiger partial charge in [0.25, 0.3) is 0 Å². The molecule has 5 nitrogen and oxygen atoms in total. The predicted molar refractivity (Wildman–Crippen MR) is 212 cm³/mol. The van der Waals surface area contributed by atoms with Crippen LogP contribution in [0.4, 0.5) is 17.1 Å².